The van der Waals surface area contributed by atoms with Gasteiger partial charge in [-0.2, -0.15) is 0 Å². The van der Waals surface area contributed by atoms with Crippen LogP contribution in [-0.4, -0.2) is 28.6 Å². The fourth-order valence-corrected chi connectivity index (χ4v) is 3.11. The maximum absolute atomic E-state index is 11.7. The van der Waals surface area contributed by atoms with E-state index in [9.17, 15) is 20.0 Å². The summed E-state index contributed by atoms with van der Waals surface area (Å²) in [7, 11) is 0. The van der Waals surface area contributed by atoms with Crippen molar-refractivity contribution in [2.75, 3.05) is 11.4 Å². The number of aryl methyl sites for hydroxylation is 1. The van der Waals surface area contributed by atoms with Gasteiger partial charge in [-0.05, 0) is 31.2 Å². The van der Waals surface area contributed by atoms with Gasteiger partial charge < -0.3 is 10.0 Å². The third-order valence-electron chi connectivity index (χ3n) is 4.23. The first kappa shape index (κ1) is 15.3. The third-order valence-corrected chi connectivity index (χ3v) is 4.23. The molecule has 0 spiro atoms. The second kappa shape index (κ2) is 5.35. The molecule has 114 valence electrons. The van der Waals surface area contributed by atoms with Gasteiger partial charge in [0, 0.05) is 23.9 Å². The molecule has 21 heavy (non-hydrogen) atoms. The van der Waals surface area contributed by atoms with Crippen LogP contribution in [0.5, 0.6) is 0 Å². The molecular formula is C15H20N2O4. The maximum Gasteiger partial charge on any atom is 0.326 e. The first-order chi connectivity index (χ1) is 9.74. The van der Waals surface area contributed by atoms with Gasteiger partial charge in [0.05, 0.1) is 4.92 Å². The Morgan fingerprint density at radius 1 is 1.48 bits per heavy atom. The molecule has 1 aliphatic rings. The van der Waals surface area contributed by atoms with Crippen LogP contribution in [0, 0.1) is 22.5 Å². The highest BCUT2D eigenvalue weighted by atomic mass is 16.6. The van der Waals surface area contributed by atoms with Crippen LogP contribution in [0.3, 0.4) is 0 Å². The summed E-state index contributed by atoms with van der Waals surface area (Å²) in [6.45, 7) is 6.14. The molecule has 1 heterocycles. The molecule has 6 heteroatoms. The minimum atomic E-state index is -0.886. The molecule has 1 aliphatic heterocycles. The molecule has 0 aliphatic carbocycles. The standard InChI is InChI=1S/C15H20N2O4/c1-10-5-6-11(9-12(10)17(20)21)16-8-4-7-15(2,3)13(16)14(18)19/h5-6,9,13H,4,7-8H2,1-3H3,(H,18,19). The summed E-state index contributed by atoms with van der Waals surface area (Å²) in [6.07, 6.45) is 1.70. The Hall–Kier alpha value is -2.11. The van der Waals surface area contributed by atoms with Gasteiger partial charge in [-0.15, -0.1) is 0 Å². The van der Waals surface area contributed by atoms with Gasteiger partial charge in [-0.25, -0.2) is 4.79 Å². The molecule has 2 rings (SSSR count). The number of rotatable bonds is 3. The van der Waals surface area contributed by atoms with Crippen molar-refractivity contribution in [2.45, 2.75) is 39.7 Å². The molecule has 6 nitrogen and oxygen atoms in total. The largest absolute Gasteiger partial charge is 0.480 e. The molecule has 1 unspecified atom stereocenters. The Morgan fingerprint density at radius 3 is 2.71 bits per heavy atom. The summed E-state index contributed by atoms with van der Waals surface area (Å²) < 4.78 is 0. The van der Waals surface area contributed by atoms with Gasteiger partial charge in [0.2, 0.25) is 0 Å². The van der Waals surface area contributed by atoms with Crippen molar-refractivity contribution in [1.82, 2.24) is 0 Å². The van der Waals surface area contributed by atoms with Gasteiger partial charge in [-0.3, -0.25) is 10.1 Å². The lowest BCUT2D eigenvalue weighted by atomic mass is 9.76. The van der Waals surface area contributed by atoms with E-state index in [0.717, 1.165) is 12.8 Å². The Kier molecular flexibility index (Phi) is 3.89. The predicted molar refractivity (Wildman–Crippen MR) is 79.6 cm³/mol. The molecule has 1 aromatic rings. The van der Waals surface area contributed by atoms with E-state index < -0.39 is 16.9 Å². The molecule has 0 aromatic heterocycles. The highest BCUT2D eigenvalue weighted by Gasteiger charge is 2.42. The SMILES string of the molecule is Cc1ccc(N2CCCC(C)(C)C2C(=O)O)cc1[N+](=O)[O-]. The van der Waals surface area contributed by atoms with E-state index in [1.54, 1.807) is 24.0 Å². The monoisotopic (exact) mass is 292 g/mol. The van der Waals surface area contributed by atoms with E-state index >= 15 is 0 Å². The second-order valence-corrected chi connectivity index (χ2v) is 6.25. The average Bonchev–Trinajstić information content (AvgIpc) is 2.36. The summed E-state index contributed by atoms with van der Waals surface area (Å²) in [5.74, 6) is -0.886. The van der Waals surface area contributed by atoms with Crippen LogP contribution in [-0.2, 0) is 4.79 Å². The minimum absolute atomic E-state index is 0.0278. The molecule has 1 aromatic carbocycles. The van der Waals surface area contributed by atoms with E-state index in [1.807, 2.05) is 13.8 Å². The van der Waals surface area contributed by atoms with Crippen molar-refractivity contribution < 1.29 is 14.8 Å². The number of piperidine rings is 1. The van der Waals surface area contributed by atoms with E-state index in [4.69, 9.17) is 0 Å². The number of benzene rings is 1. The summed E-state index contributed by atoms with van der Waals surface area (Å²) in [6, 6.07) is 4.24. The van der Waals surface area contributed by atoms with Crippen molar-refractivity contribution in [3.05, 3.63) is 33.9 Å². The number of hydrogen-bond donors (Lipinski definition) is 1. The summed E-state index contributed by atoms with van der Waals surface area (Å²) in [4.78, 5) is 24.1. The Morgan fingerprint density at radius 2 is 2.14 bits per heavy atom. The summed E-state index contributed by atoms with van der Waals surface area (Å²) in [5, 5.41) is 20.6. The van der Waals surface area contributed by atoms with Gasteiger partial charge in [-0.1, -0.05) is 19.9 Å². The van der Waals surface area contributed by atoms with E-state index in [0.29, 0.717) is 17.8 Å². The van der Waals surface area contributed by atoms with Crippen molar-refractivity contribution >= 4 is 17.3 Å². The molecule has 1 N–H and O–H groups in total. The normalized spacial score (nSPS) is 21.1. The van der Waals surface area contributed by atoms with E-state index in [1.165, 1.54) is 6.07 Å². The van der Waals surface area contributed by atoms with Crippen LogP contribution in [0.4, 0.5) is 11.4 Å². The number of nitro benzene ring substituents is 1. The van der Waals surface area contributed by atoms with E-state index in [2.05, 4.69) is 0 Å². The maximum atomic E-state index is 11.7. The number of carboxylic acids is 1. The molecule has 1 saturated heterocycles. The van der Waals surface area contributed by atoms with Crippen LogP contribution in [0.1, 0.15) is 32.3 Å². The molecule has 1 atom stereocenters. The lowest BCUT2D eigenvalue weighted by Crippen LogP contribution is -2.54. The van der Waals surface area contributed by atoms with Crippen molar-refractivity contribution in [1.29, 1.82) is 0 Å². The number of hydrogen-bond acceptors (Lipinski definition) is 4. The zero-order chi connectivity index (χ0) is 15.8. The number of anilines is 1. The van der Waals surface area contributed by atoms with Gasteiger partial charge in [0.1, 0.15) is 6.04 Å². The highest BCUT2D eigenvalue weighted by Crippen LogP contribution is 2.39. The van der Waals surface area contributed by atoms with Gasteiger partial charge >= 0.3 is 5.97 Å². The zero-order valence-electron chi connectivity index (χ0n) is 12.5. The highest BCUT2D eigenvalue weighted by molar-refractivity contribution is 5.80. The molecule has 0 saturated carbocycles. The zero-order valence-corrected chi connectivity index (χ0v) is 12.5. The number of nitro groups is 1. The van der Waals surface area contributed by atoms with E-state index in [-0.39, 0.29) is 11.1 Å². The second-order valence-electron chi connectivity index (χ2n) is 6.25. The lowest BCUT2D eigenvalue weighted by molar-refractivity contribution is -0.385. The van der Waals surface area contributed by atoms with Crippen LogP contribution >= 0.6 is 0 Å². The first-order valence-electron chi connectivity index (χ1n) is 6.98. The van der Waals surface area contributed by atoms with Crippen LogP contribution < -0.4 is 4.90 Å². The number of carbonyl (C=O) groups is 1. The lowest BCUT2D eigenvalue weighted by Gasteiger charge is -2.45. The number of aliphatic carboxylic acids is 1. The Labute approximate surface area is 123 Å². The average molecular weight is 292 g/mol. The number of nitrogens with zero attached hydrogens (tertiary/aromatic N) is 2. The quantitative estimate of drug-likeness (QED) is 0.684. The van der Waals surface area contributed by atoms with Crippen LogP contribution in [0.2, 0.25) is 0 Å². The summed E-state index contributed by atoms with van der Waals surface area (Å²) in [5.41, 5.74) is 0.836. The van der Waals surface area contributed by atoms with Crippen LogP contribution in [0.25, 0.3) is 0 Å². The fourth-order valence-electron chi connectivity index (χ4n) is 3.11. The number of carboxylic acid groups (broad SMARTS) is 1. The minimum Gasteiger partial charge on any atom is -0.480 e. The summed E-state index contributed by atoms with van der Waals surface area (Å²) >= 11 is 0. The Bertz CT molecular complexity index is 583. The van der Waals surface area contributed by atoms with Crippen molar-refractivity contribution in [3.63, 3.8) is 0 Å². The Balaban J connectivity index is 2.46. The van der Waals surface area contributed by atoms with Crippen molar-refractivity contribution in [2.24, 2.45) is 5.41 Å². The van der Waals surface area contributed by atoms with Gasteiger partial charge in [0.25, 0.3) is 5.69 Å². The third kappa shape index (κ3) is 2.84. The molecular weight excluding hydrogens is 272 g/mol. The smallest absolute Gasteiger partial charge is 0.326 e. The molecule has 1 fully saturated rings. The molecule has 0 bridgehead atoms. The van der Waals surface area contributed by atoms with Crippen LogP contribution in [0.15, 0.2) is 18.2 Å². The predicted octanol–water partition coefficient (Wildman–Crippen LogP) is 2.98. The van der Waals surface area contributed by atoms with Crippen molar-refractivity contribution in [3.8, 4) is 0 Å². The molecule has 0 amide bonds. The first-order valence-corrected chi connectivity index (χ1v) is 6.98. The molecule has 0 radical (unpaired) electrons. The fraction of sp³-hybridized carbons (Fsp3) is 0.533. The van der Waals surface area contributed by atoms with Gasteiger partial charge in [0.15, 0.2) is 0 Å². The topological polar surface area (TPSA) is 83.7 Å².